The zero-order valence-electron chi connectivity index (χ0n) is 14.7. The van der Waals surface area contributed by atoms with Gasteiger partial charge in [-0.2, -0.15) is 0 Å². The first-order valence-corrected chi connectivity index (χ1v) is 8.38. The van der Waals surface area contributed by atoms with E-state index in [9.17, 15) is 4.79 Å². The van der Waals surface area contributed by atoms with Crippen LogP contribution in [0.4, 0.5) is 0 Å². The fourth-order valence-electron chi connectivity index (χ4n) is 3.04. The number of pyridine rings is 1. The predicted octanol–water partition coefficient (Wildman–Crippen LogP) is 3.76. The molecule has 2 aromatic heterocycles. The van der Waals surface area contributed by atoms with Crippen LogP contribution >= 0.6 is 0 Å². The molecule has 1 aromatic carbocycles. The molecular formula is C20H24N2O2. The molecule has 0 radical (unpaired) electrons. The van der Waals surface area contributed by atoms with Crippen molar-refractivity contribution in [2.45, 2.75) is 26.3 Å². The standard InChI is InChI=1S/C20H24N2O2/c1-5-24-20(23)19-16-8-6-7-9-17(16)22-13-15(10-11-18(19)22)12-14(2)21(3)4/h6-11,13-14H,5,12H2,1-4H3. The highest BCUT2D eigenvalue weighted by molar-refractivity contribution is 6.11. The molecule has 126 valence electrons. The van der Waals surface area contributed by atoms with Gasteiger partial charge in [0.15, 0.2) is 0 Å². The number of benzene rings is 1. The van der Waals surface area contributed by atoms with Crippen LogP contribution in [0.5, 0.6) is 0 Å². The predicted molar refractivity (Wildman–Crippen MR) is 97.7 cm³/mol. The first-order valence-electron chi connectivity index (χ1n) is 8.38. The maximum Gasteiger partial charge on any atom is 0.340 e. The third-order valence-corrected chi connectivity index (χ3v) is 4.59. The minimum atomic E-state index is -0.259. The van der Waals surface area contributed by atoms with Crippen LogP contribution in [0.3, 0.4) is 0 Å². The summed E-state index contributed by atoms with van der Waals surface area (Å²) in [7, 11) is 4.18. The molecular weight excluding hydrogens is 300 g/mol. The van der Waals surface area contributed by atoms with E-state index in [0.29, 0.717) is 18.2 Å². The molecule has 0 aliphatic rings. The molecule has 0 aliphatic carbocycles. The normalized spacial score (nSPS) is 12.9. The molecule has 1 unspecified atom stereocenters. The van der Waals surface area contributed by atoms with Gasteiger partial charge < -0.3 is 14.0 Å². The molecule has 3 rings (SSSR count). The summed E-state index contributed by atoms with van der Waals surface area (Å²) in [5.41, 5.74) is 3.84. The Balaban J connectivity index is 2.16. The maximum absolute atomic E-state index is 12.4. The van der Waals surface area contributed by atoms with E-state index in [-0.39, 0.29) is 5.97 Å². The Labute approximate surface area is 142 Å². The largest absolute Gasteiger partial charge is 0.462 e. The Morgan fingerprint density at radius 2 is 1.92 bits per heavy atom. The topological polar surface area (TPSA) is 34.0 Å². The second-order valence-corrected chi connectivity index (χ2v) is 6.42. The maximum atomic E-state index is 12.4. The summed E-state index contributed by atoms with van der Waals surface area (Å²) in [6.45, 7) is 4.42. The van der Waals surface area contributed by atoms with E-state index >= 15 is 0 Å². The molecule has 0 fully saturated rings. The Morgan fingerprint density at radius 1 is 1.17 bits per heavy atom. The Kier molecular flexibility index (Phi) is 4.58. The van der Waals surface area contributed by atoms with Gasteiger partial charge in [0.1, 0.15) is 0 Å². The first-order chi connectivity index (χ1) is 11.5. The van der Waals surface area contributed by atoms with Gasteiger partial charge in [0.2, 0.25) is 0 Å². The number of fused-ring (bicyclic) bond motifs is 3. The van der Waals surface area contributed by atoms with Gasteiger partial charge in [0.05, 0.1) is 23.2 Å². The SMILES string of the molecule is CCOC(=O)c1c2ccccc2n2cc(CC(C)N(C)C)ccc12. The van der Waals surface area contributed by atoms with Gasteiger partial charge in [-0.1, -0.05) is 24.3 Å². The summed E-state index contributed by atoms with van der Waals surface area (Å²) < 4.78 is 7.38. The number of carbonyl (C=O) groups excluding carboxylic acids is 1. The second-order valence-electron chi connectivity index (χ2n) is 6.42. The molecule has 4 heteroatoms. The van der Waals surface area contributed by atoms with Crippen LogP contribution in [0.15, 0.2) is 42.6 Å². The Bertz CT molecular complexity index is 880. The van der Waals surface area contributed by atoms with Crippen molar-refractivity contribution >= 4 is 22.4 Å². The molecule has 4 nitrogen and oxygen atoms in total. The summed E-state index contributed by atoms with van der Waals surface area (Å²) in [6, 6.07) is 12.6. The highest BCUT2D eigenvalue weighted by atomic mass is 16.5. The number of carbonyl (C=O) groups is 1. The number of likely N-dealkylation sites (N-methyl/N-ethyl adjacent to an activating group) is 1. The number of para-hydroxylation sites is 1. The summed E-state index contributed by atoms with van der Waals surface area (Å²) >= 11 is 0. The van der Waals surface area contributed by atoms with Crippen LogP contribution < -0.4 is 0 Å². The summed E-state index contributed by atoms with van der Waals surface area (Å²) in [5.74, 6) is -0.259. The van der Waals surface area contributed by atoms with E-state index in [2.05, 4.69) is 42.6 Å². The van der Waals surface area contributed by atoms with Crippen LogP contribution in [0.1, 0.15) is 29.8 Å². The van der Waals surface area contributed by atoms with E-state index in [1.165, 1.54) is 5.56 Å². The van der Waals surface area contributed by atoms with Gasteiger partial charge in [-0.05, 0) is 52.1 Å². The molecule has 0 saturated carbocycles. The van der Waals surface area contributed by atoms with Crippen molar-refractivity contribution in [2.24, 2.45) is 0 Å². The number of hydrogen-bond donors (Lipinski definition) is 0. The monoisotopic (exact) mass is 324 g/mol. The lowest BCUT2D eigenvalue weighted by Gasteiger charge is -2.19. The number of nitrogens with zero attached hydrogens (tertiary/aromatic N) is 2. The highest BCUT2D eigenvalue weighted by Crippen LogP contribution is 2.28. The molecule has 0 bridgehead atoms. The highest BCUT2D eigenvalue weighted by Gasteiger charge is 2.19. The fraction of sp³-hybridized carbons (Fsp3) is 0.350. The summed E-state index contributed by atoms with van der Waals surface area (Å²) in [6.07, 6.45) is 3.10. The van der Waals surface area contributed by atoms with Gasteiger partial charge >= 0.3 is 5.97 Å². The van der Waals surface area contributed by atoms with Gasteiger partial charge in [-0.3, -0.25) is 0 Å². The van der Waals surface area contributed by atoms with E-state index in [4.69, 9.17) is 4.74 Å². The first kappa shape index (κ1) is 16.5. The van der Waals surface area contributed by atoms with Crippen molar-refractivity contribution in [2.75, 3.05) is 20.7 Å². The van der Waals surface area contributed by atoms with E-state index in [0.717, 1.165) is 22.8 Å². The van der Waals surface area contributed by atoms with Crippen LogP contribution in [0, 0.1) is 0 Å². The van der Waals surface area contributed by atoms with E-state index in [1.807, 2.05) is 37.3 Å². The molecule has 3 aromatic rings. The van der Waals surface area contributed by atoms with Crippen LogP contribution in [-0.2, 0) is 11.2 Å². The average molecular weight is 324 g/mol. The molecule has 1 atom stereocenters. The number of esters is 1. The van der Waals surface area contributed by atoms with Gasteiger partial charge in [-0.15, -0.1) is 0 Å². The molecule has 0 spiro atoms. The zero-order chi connectivity index (χ0) is 17.3. The number of ether oxygens (including phenoxy) is 1. The lowest BCUT2D eigenvalue weighted by molar-refractivity contribution is 0.0531. The Hall–Kier alpha value is -2.33. The van der Waals surface area contributed by atoms with E-state index < -0.39 is 0 Å². The lowest BCUT2D eigenvalue weighted by Crippen LogP contribution is -2.26. The third kappa shape index (κ3) is 2.89. The Morgan fingerprint density at radius 3 is 2.62 bits per heavy atom. The number of rotatable bonds is 5. The summed E-state index contributed by atoms with van der Waals surface area (Å²) in [4.78, 5) is 14.7. The van der Waals surface area contributed by atoms with Crippen molar-refractivity contribution in [3.05, 3.63) is 53.7 Å². The van der Waals surface area contributed by atoms with E-state index in [1.54, 1.807) is 0 Å². The number of hydrogen-bond acceptors (Lipinski definition) is 3. The minimum absolute atomic E-state index is 0.259. The third-order valence-electron chi connectivity index (χ3n) is 4.59. The van der Waals surface area contributed by atoms with Crippen LogP contribution in [0.25, 0.3) is 16.4 Å². The van der Waals surface area contributed by atoms with Gasteiger partial charge in [0, 0.05) is 17.6 Å². The van der Waals surface area contributed by atoms with Crippen molar-refractivity contribution in [1.29, 1.82) is 0 Å². The molecule has 24 heavy (non-hydrogen) atoms. The fourth-order valence-corrected chi connectivity index (χ4v) is 3.04. The second kappa shape index (κ2) is 6.65. The van der Waals surface area contributed by atoms with Crippen LogP contribution in [-0.4, -0.2) is 42.0 Å². The number of aromatic nitrogens is 1. The quantitative estimate of drug-likeness (QED) is 0.670. The van der Waals surface area contributed by atoms with Crippen molar-refractivity contribution in [3.8, 4) is 0 Å². The molecule has 2 heterocycles. The van der Waals surface area contributed by atoms with Gasteiger partial charge in [0.25, 0.3) is 0 Å². The van der Waals surface area contributed by atoms with Crippen molar-refractivity contribution in [1.82, 2.24) is 9.30 Å². The van der Waals surface area contributed by atoms with Crippen LogP contribution in [0.2, 0.25) is 0 Å². The molecule has 0 N–H and O–H groups in total. The zero-order valence-corrected chi connectivity index (χ0v) is 14.7. The average Bonchev–Trinajstić information content (AvgIpc) is 2.89. The smallest absolute Gasteiger partial charge is 0.340 e. The van der Waals surface area contributed by atoms with Crippen molar-refractivity contribution < 1.29 is 9.53 Å². The molecule has 0 saturated heterocycles. The molecule has 0 amide bonds. The lowest BCUT2D eigenvalue weighted by atomic mass is 10.1. The van der Waals surface area contributed by atoms with Gasteiger partial charge in [-0.25, -0.2) is 4.79 Å². The molecule has 0 aliphatic heterocycles. The van der Waals surface area contributed by atoms with Crippen molar-refractivity contribution in [3.63, 3.8) is 0 Å². The summed E-state index contributed by atoms with van der Waals surface area (Å²) in [5, 5.41) is 0.939. The minimum Gasteiger partial charge on any atom is -0.462 e.